The van der Waals surface area contributed by atoms with E-state index in [0.717, 1.165) is 0 Å². The molecule has 0 rings (SSSR count). The first-order chi connectivity index (χ1) is 7.25. The second kappa shape index (κ2) is 6.21. The molecule has 0 heterocycles. The molecule has 0 aromatic carbocycles. The lowest BCUT2D eigenvalue weighted by molar-refractivity contribution is -0.150. The van der Waals surface area contributed by atoms with Crippen LogP contribution in [0.1, 0.15) is 41.5 Å². The minimum atomic E-state index is -0.698. The monoisotopic (exact) mass is 231 g/mol. The van der Waals surface area contributed by atoms with Gasteiger partial charge in [0.1, 0.15) is 5.54 Å². The van der Waals surface area contributed by atoms with Gasteiger partial charge in [-0.1, -0.05) is 0 Å². The predicted molar refractivity (Wildman–Crippen MR) is 64.4 cm³/mol. The predicted octanol–water partition coefficient (Wildman–Crippen LogP) is 1.73. The summed E-state index contributed by atoms with van der Waals surface area (Å²) in [4.78, 5) is 11.7. The van der Waals surface area contributed by atoms with E-state index in [1.54, 1.807) is 6.92 Å². The fourth-order valence-corrected chi connectivity index (χ4v) is 1.60. The Morgan fingerprint density at radius 3 is 2.12 bits per heavy atom. The van der Waals surface area contributed by atoms with Crippen molar-refractivity contribution in [2.24, 2.45) is 0 Å². The lowest BCUT2D eigenvalue weighted by Gasteiger charge is -2.35. The fraction of sp³-hybridized carbons (Fsp3) is 0.917. The average Bonchev–Trinajstić information content (AvgIpc) is 2.13. The maximum Gasteiger partial charge on any atom is 0.325 e. The molecule has 0 fully saturated rings. The van der Waals surface area contributed by atoms with E-state index in [1.807, 2.05) is 34.6 Å². The quantitative estimate of drug-likeness (QED) is 0.678. The van der Waals surface area contributed by atoms with E-state index in [2.05, 4.69) is 5.32 Å². The topological polar surface area (TPSA) is 47.6 Å². The Morgan fingerprint density at radius 2 is 1.69 bits per heavy atom. The molecule has 0 spiro atoms. The van der Waals surface area contributed by atoms with Crippen molar-refractivity contribution in [1.82, 2.24) is 5.32 Å². The molecule has 0 unspecified atom stereocenters. The highest BCUT2D eigenvalue weighted by atomic mass is 16.5. The van der Waals surface area contributed by atoms with Crippen molar-refractivity contribution in [3.05, 3.63) is 0 Å². The lowest BCUT2D eigenvalue weighted by Crippen LogP contribution is -2.58. The number of hydrogen-bond donors (Lipinski definition) is 1. The van der Waals surface area contributed by atoms with Crippen molar-refractivity contribution >= 4 is 5.97 Å². The van der Waals surface area contributed by atoms with Crippen molar-refractivity contribution in [3.63, 3.8) is 0 Å². The van der Waals surface area contributed by atoms with Gasteiger partial charge in [0, 0.05) is 12.1 Å². The third kappa shape index (κ3) is 5.47. The second-order valence-electron chi connectivity index (χ2n) is 4.99. The first kappa shape index (κ1) is 15.4. The molecular formula is C12H25NO3. The Hall–Kier alpha value is -0.610. The van der Waals surface area contributed by atoms with Crippen LogP contribution in [0.3, 0.4) is 0 Å². The van der Waals surface area contributed by atoms with E-state index < -0.39 is 5.54 Å². The molecule has 0 aliphatic heterocycles. The van der Waals surface area contributed by atoms with Gasteiger partial charge in [-0.25, -0.2) is 0 Å². The summed E-state index contributed by atoms with van der Waals surface area (Å²) in [7, 11) is 0. The molecule has 0 saturated heterocycles. The number of esters is 1. The first-order valence-electron chi connectivity index (χ1n) is 5.79. The molecule has 0 aromatic rings. The Balaban J connectivity index is 4.37. The lowest BCUT2D eigenvalue weighted by atomic mass is 9.98. The van der Waals surface area contributed by atoms with Crippen LogP contribution in [0, 0.1) is 0 Å². The molecule has 0 amide bonds. The van der Waals surface area contributed by atoms with Crippen molar-refractivity contribution < 1.29 is 14.3 Å². The van der Waals surface area contributed by atoms with Gasteiger partial charge >= 0.3 is 5.97 Å². The van der Waals surface area contributed by atoms with Crippen LogP contribution in [0.25, 0.3) is 0 Å². The SMILES string of the molecule is CCOCC(C)(C)NC(C)(C)C(=O)OCC. The third-order valence-electron chi connectivity index (χ3n) is 2.10. The van der Waals surface area contributed by atoms with E-state index in [-0.39, 0.29) is 11.5 Å². The van der Waals surface area contributed by atoms with Crippen LogP contribution in [-0.2, 0) is 14.3 Å². The number of rotatable bonds is 7. The van der Waals surface area contributed by atoms with E-state index in [1.165, 1.54) is 0 Å². The largest absolute Gasteiger partial charge is 0.465 e. The number of carbonyl (C=O) groups is 1. The number of nitrogens with one attached hydrogen (secondary N) is 1. The van der Waals surface area contributed by atoms with Crippen LogP contribution in [-0.4, -0.2) is 36.9 Å². The molecule has 0 atom stereocenters. The van der Waals surface area contributed by atoms with Crippen LogP contribution < -0.4 is 5.32 Å². The maximum absolute atomic E-state index is 11.7. The van der Waals surface area contributed by atoms with Crippen molar-refractivity contribution in [3.8, 4) is 0 Å². The zero-order valence-electron chi connectivity index (χ0n) is 11.3. The van der Waals surface area contributed by atoms with E-state index in [4.69, 9.17) is 9.47 Å². The van der Waals surface area contributed by atoms with Gasteiger partial charge in [0.2, 0.25) is 0 Å². The van der Waals surface area contributed by atoms with Gasteiger partial charge in [-0.3, -0.25) is 10.1 Å². The highest BCUT2D eigenvalue weighted by molar-refractivity contribution is 5.79. The molecule has 0 radical (unpaired) electrons. The van der Waals surface area contributed by atoms with E-state index in [0.29, 0.717) is 19.8 Å². The second-order valence-corrected chi connectivity index (χ2v) is 4.99. The Kier molecular flexibility index (Phi) is 5.97. The molecular weight excluding hydrogens is 206 g/mol. The zero-order chi connectivity index (χ0) is 12.8. The summed E-state index contributed by atoms with van der Waals surface area (Å²) >= 11 is 0. The molecule has 0 bridgehead atoms. The van der Waals surface area contributed by atoms with Gasteiger partial charge in [0.25, 0.3) is 0 Å². The van der Waals surface area contributed by atoms with Crippen LogP contribution in [0.15, 0.2) is 0 Å². The Bertz CT molecular complexity index is 224. The summed E-state index contributed by atoms with van der Waals surface area (Å²) in [5.74, 6) is -0.237. The van der Waals surface area contributed by atoms with Gasteiger partial charge in [-0.15, -0.1) is 0 Å². The highest BCUT2D eigenvalue weighted by Gasteiger charge is 2.34. The van der Waals surface area contributed by atoms with Gasteiger partial charge in [-0.05, 0) is 41.5 Å². The summed E-state index contributed by atoms with van der Waals surface area (Å²) in [6, 6.07) is 0. The van der Waals surface area contributed by atoms with Crippen molar-refractivity contribution in [2.75, 3.05) is 19.8 Å². The van der Waals surface area contributed by atoms with Gasteiger partial charge < -0.3 is 9.47 Å². The molecule has 0 saturated carbocycles. The summed E-state index contributed by atoms with van der Waals surface area (Å²) in [5.41, 5.74) is -0.955. The van der Waals surface area contributed by atoms with Crippen LogP contribution in [0.2, 0.25) is 0 Å². The van der Waals surface area contributed by atoms with Crippen LogP contribution in [0.4, 0.5) is 0 Å². The number of ether oxygens (including phenoxy) is 2. The summed E-state index contributed by atoms with van der Waals surface area (Å²) in [5, 5.41) is 3.25. The number of carbonyl (C=O) groups excluding carboxylic acids is 1. The molecule has 16 heavy (non-hydrogen) atoms. The fourth-order valence-electron chi connectivity index (χ4n) is 1.60. The van der Waals surface area contributed by atoms with Gasteiger partial charge in [0.15, 0.2) is 0 Å². The molecule has 4 heteroatoms. The first-order valence-corrected chi connectivity index (χ1v) is 5.79. The highest BCUT2D eigenvalue weighted by Crippen LogP contribution is 2.13. The average molecular weight is 231 g/mol. The zero-order valence-corrected chi connectivity index (χ0v) is 11.3. The Labute approximate surface area is 98.7 Å². The summed E-state index contributed by atoms with van der Waals surface area (Å²) < 4.78 is 10.4. The minimum Gasteiger partial charge on any atom is -0.465 e. The molecule has 96 valence electrons. The molecule has 1 N–H and O–H groups in total. The Morgan fingerprint density at radius 1 is 1.12 bits per heavy atom. The van der Waals surface area contributed by atoms with Gasteiger partial charge in [-0.2, -0.15) is 0 Å². The maximum atomic E-state index is 11.7. The van der Waals surface area contributed by atoms with Crippen molar-refractivity contribution in [1.29, 1.82) is 0 Å². The molecule has 0 aliphatic carbocycles. The standard InChI is InChI=1S/C12H25NO3/c1-7-15-9-11(3,4)13-12(5,6)10(14)16-8-2/h13H,7-9H2,1-6H3. The minimum absolute atomic E-state index is 0.237. The summed E-state index contributed by atoms with van der Waals surface area (Å²) in [6.45, 7) is 13.0. The molecule has 0 aliphatic rings. The van der Waals surface area contributed by atoms with E-state index in [9.17, 15) is 4.79 Å². The van der Waals surface area contributed by atoms with Crippen LogP contribution in [0.5, 0.6) is 0 Å². The van der Waals surface area contributed by atoms with Crippen LogP contribution >= 0.6 is 0 Å². The van der Waals surface area contributed by atoms with Crippen molar-refractivity contribution in [2.45, 2.75) is 52.6 Å². The molecule has 4 nitrogen and oxygen atoms in total. The third-order valence-corrected chi connectivity index (χ3v) is 2.10. The summed E-state index contributed by atoms with van der Waals surface area (Å²) in [6.07, 6.45) is 0. The smallest absolute Gasteiger partial charge is 0.325 e. The number of hydrogen-bond acceptors (Lipinski definition) is 4. The van der Waals surface area contributed by atoms with Gasteiger partial charge in [0.05, 0.1) is 13.2 Å². The normalized spacial score (nSPS) is 12.6. The molecule has 0 aromatic heterocycles. The van der Waals surface area contributed by atoms with E-state index >= 15 is 0 Å².